The molecule has 2 aliphatic carbocycles. The van der Waals surface area contributed by atoms with Gasteiger partial charge in [-0.2, -0.15) is 0 Å². The Hall–Kier alpha value is -1.03. The minimum absolute atomic E-state index is 0.0194. The molecule has 4 rings (SSSR count). The average Bonchev–Trinajstić information content (AvgIpc) is 3.30. The van der Waals surface area contributed by atoms with Crippen LogP contribution in [0.15, 0.2) is 12.2 Å². The van der Waals surface area contributed by atoms with E-state index in [1.807, 2.05) is 13.0 Å². The van der Waals surface area contributed by atoms with Gasteiger partial charge in [-0.25, -0.2) is 4.79 Å². The fourth-order valence-corrected chi connectivity index (χ4v) is 7.13. The molecule has 1 N–H and O–H groups in total. The van der Waals surface area contributed by atoms with E-state index >= 15 is 0 Å². The van der Waals surface area contributed by atoms with Crippen molar-refractivity contribution in [1.82, 2.24) is 0 Å². The Morgan fingerprint density at radius 1 is 0.927 bits per heavy atom. The molecule has 7 atom stereocenters. The highest BCUT2D eigenvalue weighted by Crippen LogP contribution is 2.42. The third-order valence-electron chi connectivity index (χ3n) is 9.36. The average molecular weight is 581 g/mol. The van der Waals surface area contributed by atoms with Crippen molar-refractivity contribution >= 4 is 5.97 Å². The molecule has 0 spiro atoms. The number of hydrogen-bond acceptors (Lipinski definition) is 8. The van der Waals surface area contributed by atoms with Crippen LogP contribution in [0.5, 0.6) is 0 Å². The molecular formula is C33H56O8. The van der Waals surface area contributed by atoms with Crippen molar-refractivity contribution in [3.05, 3.63) is 12.2 Å². The number of hydrogen-bond donors (Lipinski definition) is 1. The van der Waals surface area contributed by atoms with Gasteiger partial charge in [-0.3, -0.25) is 0 Å². The zero-order valence-corrected chi connectivity index (χ0v) is 25.4. The second-order valence-corrected chi connectivity index (χ2v) is 12.5. The molecule has 2 saturated carbocycles. The lowest BCUT2D eigenvalue weighted by atomic mass is 9.80. The molecule has 2 aliphatic heterocycles. The van der Waals surface area contributed by atoms with Crippen LogP contribution in [0.3, 0.4) is 0 Å². The predicted octanol–water partition coefficient (Wildman–Crippen LogP) is 6.08. The van der Waals surface area contributed by atoms with Gasteiger partial charge in [0, 0.05) is 19.6 Å². The van der Waals surface area contributed by atoms with Crippen molar-refractivity contribution < 1.29 is 38.3 Å². The lowest BCUT2D eigenvalue weighted by Gasteiger charge is -2.36. The molecule has 0 bridgehead atoms. The van der Waals surface area contributed by atoms with Crippen LogP contribution in [0.25, 0.3) is 0 Å². The largest absolute Gasteiger partial charge is 0.464 e. The number of aliphatic hydroxyl groups is 1. The van der Waals surface area contributed by atoms with Crippen LogP contribution in [0, 0.1) is 17.8 Å². The summed E-state index contributed by atoms with van der Waals surface area (Å²) < 4.78 is 35.7. The summed E-state index contributed by atoms with van der Waals surface area (Å²) in [6, 6.07) is 0. The second-order valence-electron chi connectivity index (χ2n) is 12.5. The molecule has 4 aliphatic rings. The zero-order chi connectivity index (χ0) is 28.7. The quantitative estimate of drug-likeness (QED) is 0.133. The van der Waals surface area contributed by atoms with E-state index in [0.29, 0.717) is 25.6 Å². The van der Waals surface area contributed by atoms with Crippen LogP contribution < -0.4 is 0 Å². The third kappa shape index (κ3) is 11.2. The van der Waals surface area contributed by atoms with Crippen LogP contribution in [0.4, 0.5) is 0 Å². The number of esters is 1. The highest BCUT2D eigenvalue weighted by molar-refractivity contribution is 5.70. The third-order valence-corrected chi connectivity index (χ3v) is 9.36. The van der Waals surface area contributed by atoms with E-state index in [2.05, 4.69) is 6.08 Å². The molecule has 2 saturated heterocycles. The first-order valence-electron chi connectivity index (χ1n) is 16.7. The number of allylic oxidation sites excluding steroid dienone is 1. The molecule has 0 aromatic rings. The van der Waals surface area contributed by atoms with Crippen molar-refractivity contribution in [3.8, 4) is 0 Å². The van der Waals surface area contributed by atoms with Crippen LogP contribution in [0.2, 0.25) is 0 Å². The monoisotopic (exact) mass is 580 g/mol. The van der Waals surface area contributed by atoms with Crippen molar-refractivity contribution in [2.24, 2.45) is 17.8 Å². The Morgan fingerprint density at radius 2 is 1.66 bits per heavy atom. The van der Waals surface area contributed by atoms with Gasteiger partial charge in [-0.1, -0.05) is 38.3 Å². The summed E-state index contributed by atoms with van der Waals surface area (Å²) in [5, 5.41) is 11.2. The van der Waals surface area contributed by atoms with E-state index in [4.69, 9.17) is 28.4 Å². The summed E-state index contributed by atoms with van der Waals surface area (Å²) in [6.07, 6.45) is 20.5. The summed E-state index contributed by atoms with van der Waals surface area (Å²) in [5.74, 6) is 0.588. The Morgan fingerprint density at radius 3 is 2.37 bits per heavy atom. The summed E-state index contributed by atoms with van der Waals surface area (Å²) in [7, 11) is 0. The van der Waals surface area contributed by atoms with E-state index in [-0.39, 0.29) is 49.2 Å². The Balaban J connectivity index is 1.35. The van der Waals surface area contributed by atoms with Crippen LogP contribution in [0.1, 0.15) is 110 Å². The van der Waals surface area contributed by atoms with Crippen molar-refractivity contribution in [2.45, 2.75) is 141 Å². The highest BCUT2D eigenvalue weighted by atomic mass is 16.7. The fraction of sp³-hybridized carbons (Fsp3) is 0.909. The van der Waals surface area contributed by atoms with E-state index in [9.17, 15) is 9.90 Å². The Kier molecular flexibility index (Phi) is 14.9. The summed E-state index contributed by atoms with van der Waals surface area (Å²) in [6.45, 7) is 4.25. The summed E-state index contributed by atoms with van der Waals surface area (Å²) in [5.41, 5.74) is 0. The Bertz CT molecular complexity index is 742. The maximum atomic E-state index is 11.6. The molecule has 8 nitrogen and oxygen atoms in total. The molecule has 236 valence electrons. The van der Waals surface area contributed by atoms with E-state index in [1.54, 1.807) is 0 Å². The minimum Gasteiger partial charge on any atom is -0.464 e. The lowest BCUT2D eigenvalue weighted by molar-refractivity contribution is -0.207. The van der Waals surface area contributed by atoms with Crippen LogP contribution in [-0.2, 0) is 33.2 Å². The standard InChI is InChI=1S/C33H56O8/c1-2-19-37-31(35)24-36-20-9-6-14-26-27(30(23-28(26)34)41-33-16-8-11-22-39-33)17-18-29(25-12-4-3-5-13-25)40-32-15-7-10-21-38-32/h6,9,25-30,32-34H,2-5,7-8,10-24H2,1H3/t26-,27-,28+,29-,30-,32?,33?/m1/s1. The molecule has 0 radical (unpaired) electrons. The van der Waals surface area contributed by atoms with E-state index in [0.717, 1.165) is 71.0 Å². The maximum Gasteiger partial charge on any atom is 0.332 e. The van der Waals surface area contributed by atoms with Crippen molar-refractivity contribution in [2.75, 3.05) is 33.0 Å². The maximum absolute atomic E-state index is 11.6. The smallest absolute Gasteiger partial charge is 0.332 e. The number of ether oxygens (including phenoxy) is 6. The van der Waals surface area contributed by atoms with Gasteiger partial charge >= 0.3 is 5.97 Å². The predicted molar refractivity (Wildman–Crippen MR) is 156 cm³/mol. The van der Waals surface area contributed by atoms with Gasteiger partial charge in [0.05, 0.1) is 31.5 Å². The topological polar surface area (TPSA) is 92.7 Å². The summed E-state index contributed by atoms with van der Waals surface area (Å²) >= 11 is 0. The first kappa shape index (κ1) is 32.9. The van der Waals surface area contributed by atoms with Gasteiger partial charge in [0.1, 0.15) is 6.61 Å². The van der Waals surface area contributed by atoms with E-state index < -0.39 is 6.10 Å². The lowest BCUT2D eigenvalue weighted by Crippen LogP contribution is -2.35. The zero-order valence-electron chi connectivity index (χ0n) is 25.4. The molecule has 8 heteroatoms. The SMILES string of the molecule is CCCOC(=O)COCC=CC[C@@H]1[C@@H](CC[C@@H](OC2CCCCO2)C2CCCCC2)[C@H](OC2CCCCO2)C[C@@H]1O. The number of rotatable bonds is 16. The minimum atomic E-state index is -0.418. The molecule has 2 heterocycles. The molecule has 0 aromatic carbocycles. The van der Waals surface area contributed by atoms with Gasteiger partial charge in [-0.05, 0) is 94.8 Å². The fourth-order valence-electron chi connectivity index (χ4n) is 7.13. The molecule has 2 unspecified atom stereocenters. The van der Waals surface area contributed by atoms with Crippen LogP contribution >= 0.6 is 0 Å². The second kappa shape index (κ2) is 18.6. The number of carbonyl (C=O) groups excluding carboxylic acids is 1. The van der Waals surface area contributed by atoms with E-state index in [1.165, 1.54) is 38.5 Å². The Labute approximate surface area is 247 Å². The van der Waals surface area contributed by atoms with Gasteiger partial charge in [0.2, 0.25) is 0 Å². The van der Waals surface area contributed by atoms with Gasteiger partial charge in [0.25, 0.3) is 0 Å². The van der Waals surface area contributed by atoms with Gasteiger partial charge in [0.15, 0.2) is 12.6 Å². The number of aliphatic hydroxyl groups excluding tert-OH is 1. The van der Waals surface area contributed by atoms with Gasteiger partial charge in [-0.15, -0.1) is 0 Å². The normalized spacial score (nSPS) is 32.3. The van der Waals surface area contributed by atoms with Crippen molar-refractivity contribution in [1.29, 1.82) is 0 Å². The number of carbonyl (C=O) groups is 1. The molecular weight excluding hydrogens is 524 g/mol. The molecule has 41 heavy (non-hydrogen) atoms. The first-order chi connectivity index (χ1) is 20.1. The van der Waals surface area contributed by atoms with Gasteiger partial charge < -0.3 is 33.5 Å². The molecule has 4 fully saturated rings. The highest BCUT2D eigenvalue weighted by Gasteiger charge is 2.44. The first-order valence-corrected chi connectivity index (χ1v) is 16.7. The molecule has 0 aromatic heterocycles. The molecule has 0 amide bonds. The van der Waals surface area contributed by atoms with Crippen LogP contribution in [-0.4, -0.2) is 75.0 Å². The summed E-state index contributed by atoms with van der Waals surface area (Å²) in [4.78, 5) is 11.6. The van der Waals surface area contributed by atoms with Crippen molar-refractivity contribution in [3.63, 3.8) is 0 Å².